The van der Waals surface area contributed by atoms with Gasteiger partial charge in [-0.1, -0.05) is 28.1 Å². The highest BCUT2D eigenvalue weighted by molar-refractivity contribution is 9.10. The molecule has 0 aliphatic rings. The fourth-order valence-corrected chi connectivity index (χ4v) is 2.07. The van der Waals surface area contributed by atoms with Crippen LogP contribution in [0.2, 0.25) is 0 Å². The standard InChI is InChI=1S/C11H9BrN2OS/c12-9-3-1-2-8(6-9)7-14-5-4-10(15)13-11(14)16/h1-6H,7H2,(H,13,15,16). The monoisotopic (exact) mass is 296 g/mol. The van der Waals surface area contributed by atoms with Gasteiger partial charge in [-0.25, -0.2) is 0 Å². The number of hydrogen-bond donors (Lipinski definition) is 1. The van der Waals surface area contributed by atoms with Crippen LogP contribution in [0, 0.1) is 4.77 Å². The summed E-state index contributed by atoms with van der Waals surface area (Å²) < 4.78 is 3.28. The molecule has 1 aromatic carbocycles. The molecule has 0 spiro atoms. The van der Waals surface area contributed by atoms with E-state index < -0.39 is 0 Å². The van der Waals surface area contributed by atoms with Crippen molar-refractivity contribution in [1.82, 2.24) is 9.55 Å². The second-order valence-electron chi connectivity index (χ2n) is 3.37. The second kappa shape index (κ2) is 4.76. The van der Waals surface area contributed by atoms with Gasteiger partial charge in [-0.15, -0.1) is 0 Å². The Bertz CT molecular complexity index is 618. The number of benzene rings is 1. The second-order valence-corrected chi connectivity index (χ2v) is 4.67. The van der Waals surface area contributed by atoms with Crippen LogP contribution in [0.25, 0.3) is 0 Å². The predicted octanol–water partition coefficient (Wildman–Crippen LogP) is 2.72. The Labute approximate surface area is 106 Å². The summed E-state index contributed by atoms with van der Waals surface area (Å²) in [5, 5.41) is 0. The third-order valence-electron chi connectivity index (χ3n) is 2.14. The van der Waals surface area contributed by atoms with Crippen molar-refractivity contribution in [3.63, 3.8) is 0 Å². The van der Waals surface area contributed by atoms with E-state index in [1.165, 1.54) is 6.07 Å². The summed E-state index contributed by atoms with van der Waals surface area (Å²) in [6.45, 7) is 0.648. The summed E-state index contributed by atoms with van der Waals surface area (Å²) in [6.07, 6.45) is 1.70. The van der Waals surface area contributed by atoms with Crippen molar-refractivity contribution in [1.29, 1.82) is 0 Å². The quantitative estimate of drug-likeness (QED) is 0.866. The normalized spacial score (nSPS) is 10.3. The third-order valence-corrected chi connectivity index (χ3v) is 2.97. The molecule has 1 heterocycles. The van der Waals surface area contributed by atoms with Gasteiger partial charge < -0.3 is 4.57 Å². The topological polar surface area (TPSA) is 37.8 Å². The maximum absolute atomic E-state index is 11.0. The summed E-state index contributed by atoms with van der Waals surface area (Å²) in [6, 6.07) is 9.43. The molecular weight excluding hydrogens is 288 g/mol. The highest BCUT2D eigenvalue weighted by Crippen LogP contribution is 2.12. The summed E-state index contributed by atoms with van der Waals surface area (Å²) in [5.74, 6) is 0. The molecule has 2 aromatic rings. The zero-order chi connectivity index (χ0) is 11.5. The molecule has 2 rings (SSSR count). The Morgan fingerprint density at radius 1 is 1.38 bits per heavy atom. The Morgan fingerprint density at radius 3 is 2.88 bits per heavy atom. The van der Waals surface area contributed by atoms with E-state index in [2.05, 4.69) is 20.9 Å². The van der Waals surface area contributed by atoms with Crippen LogP contribution >= 0.6 is 28.1 Å². The third kappa shape index (κ3) is 2.68. The molecule has 5 heteroatoms. The van der Waals surface area contributed by atoms with Gasteiger partial charge in [-0.05, 0) is 29.9 Å². The molecule has 0 amide bonds. The van der Waals surface area contributed by atoms with Crippen LogP contribution in [0.3, 0.4) is 0 Å². The SMILES string of the molecule is O=c1ccn(Cc2cccc(Br)c2)c(=S)[nH]1. The molecule has 0 bridgehead atoms. The van der Waals surface area contributed by atoms with Gasteiger partial charge in [0.2, 0.25) is 0 Å². The maximum atomic E-state index is 11.0. The lowest BCUT2D eigenvalue weighted by molar-refractivity contribution is 0.745. The lowest BCUT2D eigenvalue weighted by Crippen LogP contribution is -2.11. The molecule has 3 nitrogen and oxygen atoms in total. The van der Waals surface area contributed by atoms with Gasteiger partial charge in [0, 0.05) is 23.3 Å². The number of nitrogens with zero attached hydrogens (tertiary/aromatic N) is 1. The minimum atomic E-state index is -0.171. The summed E-state index contributed by atoms with van der Waals surface area (Å²) in [4.78, 5) is 13.6. The van der Waals surface area contributed by atoms with E-state index >= 15 is 0 Å². The summed E-state index contributed by atoms with van der Waals surface area (Å²) >= 11 is 8.48. The number of H-pyrrole nitrogens is 1. The van der Waals surface area contributed by atoms with Gasteiger partial charge >= 0.3 is 0 Å². The van der Waals surface area contributed by atoms with Gasteiger partial charge in [0.15, 0.2) is 4.77 Å². The molecule has 0 aliphatic carbocycles. The van der Waals surface area contributed by atoms with E-state index in [1.54, 1.807) is 6.20 Å². The summed E-state index contributed by atoms with van der Waals surface area (Å²) in [5.41, 5.74) is 0.952. The largest absolute Gasteiger partial charge is 0.321 e. The molecular formula is C11H9BrN2OS. The van der Waals surface area contributed by atoms with Crippen LogP contribution in [-0.4, -0.2) is 9.55 Å². The van der Waals surface area contributed by atoms with E-state index in [4.69, 9.17) is 12.2 Å². The maximum Gasteiger partial charge on any atom is 0.251 e. The first-order chi connectivity index (χ1) is 7.65. The van der Waals surface area contributed by atoms with Crippen LogP contribution in [0.4, 0.5) is 0 Å². The fourth-order valence-electron chi connectivity index (χ4n) is 1.40. The molecule has 1 aromatic heterocycles. The van der Waals surface area contributed by atoms with E-state index in [1.807, 2.05) is 28.8 Å². The number of halogens is 1. The number of aromatic amines is 1. The fraction of sp³-hybridized carbons (Fsp3) is 0.0909. The van der Waals surface area contributed by atoms with Crippen molar-refractivity contribution in [2.75, 3.05) is 0 Å². The number of rotatable bonds is 2. The molecule has 0 aliphatic heterocycles. The first-order valence-corrected chi connectivity index (χ1v) is 5.89. The van der Waals surface area contributed by atoms with Gasteiger partial charge in [-0.3, -0.25) is 9.78 Å². The Hall–Kier alpha value is -1.20. The Kier molecular flexibility index (Phi) is 3.36. The Morgan fingerprint density at radius 2 is 2.19 bits per heavy atom. The first kappa shape index (κ1) is 11.3. The number of aromatic nitrogens is 2. The highest BCUT2D eigenvalue weighted by Gasteiger charge is 1.97. The molecule has 1 N–H and O–H groups in total. The molecule has 0 saturated heterocycles. The van der Waals surface area contributed by atoms with Crippen molar-refractivity contribution in [3.8, 4) is 0 Å². The van der Waals surface area contributed by atoms with Gasteiger partial charge in [0.1, 0.15) is 0 Å². The van der Waals surface area contributed by atoms with E-state index in [-0.39, 0.29) is 5.56 Å². The summed E-state index contributed by atoms with van der Waals surface area (Å²) in [7, 11) is 0. The van der Waals surface area contributed by atoms with Crippen LogP contribution in [0.15, 0.2) is 45.8 Å². The van der Waals surface area contributed by atoms with Gasteiger partial charge in [-0.2, -0.15) is 0 Å². The minimum Gasteiger partial charge on any atom is -0.321 e. The van der Waals surface area contributed by atoms with Crippen molar-refractivity contribution in [2.45, 2.75) is 6.54 Å². The number of nitrogens with one attached hydrogen (secondary N) is 1. The van der Waals surface area contributed by atoms with Crippen molar-refractivity contribution in [2.24, 2.45) is 0 Å². The average Bonchev–Trinajstić information content (AvgIpc) is 2.22. The smallest absolute Gasteiger partial charge is 0.251 e. The zero-order valence-corrected chi connectivity index (χ0v) is 10.7. The molecule has 0 atom stereocenters. The van der Waals surface area contributed by atoms with Crippen LogP contribution in [0.1, 0.15) is 5.56 Å². The van der Waals surface area contributed by atoms with Crippen molar-refractivity contribution in [3.05, 3.63) is 61.7 Å². The highest BCUT2D eigenvalue weighted by atomic mass is 79.9. The van der Waals surface area contributed by atoms with Crippen LogP contribution in [-0.2, 0) is 6.54 Å². The molecule has 82 valence electrons. The van der Waals surface area contributed by atoms with Crippen molar-refractivity contribution >= 4 is 28.1 Å². The average molecular weight is 297 g/mol. The molecule has 0 fully saturated rings. The molecule has 0 radical (unpaired) electrons. The van der Waals surface area contributed by atoms with Crippen LogP contribution in [0.5, 0.6) is 0 Å². The molecule has 0 unspecified atom stereocenters. The number of hydrogen-bond acceptors (Lipinski definition) is 2. The first-order valence-electron chi connectivity index (χ1n) is 4.69. The zero-order valence-electron chi connectivity index (χ0n) is 8.31. The van der Waals surface area contributed by atoms with E-state index in [0.29, 0.717) is 11.3 Å². The lowest BCUT2D eigenvalue weighted by Gasteiger charge is -2.06. The predicted molar refractivity (Wildman–Crippen MR) is 69.1 cm³/mol. The lowest BCUT2D eigenvalue weighted by atomic mass is 10.2. The molecule has 0 saturated carbocycles. The van der Waals surface area contributed by atoms with Gasteiger partial charge in [0.05, 0.1) is 0 Å². The van der Waals surface area contributed by atoms with Crippen molar-refractivity contribution < 1.29 is 0 Å². The van der Waals surface area contributed by atoms with Gasteiger partial charge in [0.25, 0.3) is 5.56 Å². The van der Waals surface area contributed by atoms with E-state index in [0.717, 1.165) is 10.0 Å². The Balaban J connectivity index is 2.34. The molecule has 16 heavy (non-hydrogen) atoms. The van der Waals surface area contributed by atoms with E-state index in [9.17, 15) is 4.79 Å². The van der Waals surface area contributed by atoms with Crippen LogP contribution < -0.4 is 5.56 Å². The minimum absolute atomic E-state index is 0.171.